The van der Waals surface area contributed by atoms with Gasteiger partial charge < -0.3 is 15.0 Å². The molecule has 0 saturated carbocycles. The molecule has 114 valence electrons. The van der Waals surface area contributed by atoms with E-state index in [1.165, 1.54) is 5.56 Å². The first-order valence-corrected chi connectivity index (χ1v) is 7.12. The normalized spacial score (nSPS) is 14.4. The Kier molecular flexibility index (Phi) is 4.21. The number of rotatable bonds is 1. The molecule has 5 heteroatoms. The molecule has 1 aliphatic rings. The number of nitrogens with zero attached hydrogens (tertiary/aromatic N) is 1. The summed E-state index contributed by atoms with van der Waals surface area (Å²) in [6, 6.07) is 5.64. The largest absolute Gasteiger partial charge is 0.444 e. The van der Waals surface area contributed by atoms with E-state index in [4.69, 9.17) is 4.74 Å². The van der Waals surface area contributed by atoms with Gasteiger partial charge in [0.05, 0.1) is 0 Å². The van der Waals surface area contributed by atoms with Crippen molar-refractivity contribution in [2.75, 3.05) is 13.6 Å². The van der Waals surface area contributed by atoms with Crippen molar-refractivity contribution in [1.82, 2.24) is 10.2 Å². The Morgan fingerprint density at radius 2 is 1.95 bits per heavy atom. The van der Waals surface area contributed by atoms with Crippen LogP contribution in [0.5, 0.6) is 0 Å². The van der Waals surface area contributed by atoms with E-state index >= 15 is 0 Å². The number of amides is 2. The highest BCUT2D eigenvalue weighted by atomic mass is 16.6. The van der Waals surface area contributed by atoms with Gasteiger partial charge in [-0.2, -0.15) is 0 Å². The lowest BCUT2D eigenvalue weighted by atomic mass is 9.97. The maximum absolute atomic E-state index is 12.1. The highest BCUT2D eigenvalue weighted by Crippen LogP contribution is 2.22. The molecule has 2 amide bonds. The Bertz CT molecular complexity index is 561. The minimum Gasteiger partial charge on any atom is -0.444 e. The summed E-state index contributed by atoms with van der Waals surface area (Å²) in [6.07, 6.45) is 0.473. The predicted molar refractivity (Wildman–Crippen MR) is 80.2 cm³/mol. The van der Waals surface area contributed by atoms with Gasteiger partial charge in [-0.05, 0) is 50.5 Å². The van der Waals surface area contributed by atoms with Gasteiger partial charge in [-0.3, -0.25) is 4.79 Å². The second kappa shape index (κ2) is 5.76. The molecule has 21 heavy (non-hydrogen) atoms. The van der Waals surface area contributed by atoms with Gasteiger partial charge in [0.1, 0.15) is 5.60 Å². The van der Waals surface area contributed by atoms with E-state index in [2.05, 4.69) is 5.32 Å². The van der Waals surface area contributed by atoms with Gasteiger partial charge in [0.15, 0.2) is 0 Å². The molecule has 0 aliphatic carbocycles. The summed E-state index contributed by atoms with van der Waals surface area (Å²) >= 11 is 0. The Morgan fingerprint density at radius 1 is 1.24 bits per heavy atom. The summed E-state index contributed by atoms with van der Waals surface area (Å²) in [5, 5.41) is 2.61. The van der Waals surface area contributed by atoms with Crippen LogP contribution in [0, 0.1) is 0 Å². The molecule has 0 aromatic heterocycles. The fourth-order valence-corrected chi connectivity index (χ4v) is 2.32. The number of nitrogens with one attached hydrogen (secondary N) is 1. The van der Waals surface area contributed by atoms with Crippen molar-refractivity contribution in [1.29, 1.82) is 0 Å². The van der Waals surface area contributed by atoms with Crippen molar-refractivity contribution in [3.05, 3.63) is 34.9 Å². The highest BCUT2D eigenvalue weighted by Gasteiger charge is 2.26. The molecule has 0 fully saturated rings. The summed E-state index contributed by atoms with van der Waals surface area (Å²) in [6.45, 7) is 6.68. The third kappa shape index (κ3) is 3.74. The van der Waals surface area contributed by atoms with Gasteiger partial charge in [0.2, 0.25) is 0 Å². The molecule has 0 spiro atoms. The Morgan fingerprint density at radius 3 is 2.57 bits per heavy atom. The van der Waals surface area contributed by atoms with Gasteiger partial charge in [-0.15, -0.1) is 0 Å². The summed E-state index contributed by atoms with van der Waals surface area (Å²) in [7, 11) is 1.61. The van der Waals surface area contributed by atoms with Crippen molar-refractivity contribution < 1.29 is 14.3 Å². The maximum Gasteiger partial charge on any atom is 0.410 e. The van der Waals surface area contributed by atoms with Crippen LogP contribution in [0.1, 0.15) is 42.3 Å². The third-order valence-corrected chi connectivity index (χ3v) is 3.36. The zero-order valence-corrected chi connectivity index (χ0v) is 13.0. The zero-order chi connectivity index (χ0) is 15.6. The average molecular weight is 290 g/mol. The first-order valence-electron chi connectivity index (χ1n) is 7.12. The number of benzene rings is 1. The van der Waals surface area contributed by atoms with E-state index in [0.717, 1.165) is 12.0 Å². The van der Waals surface area contributed by atoms with Crippen LogP contribution in [0.2, 0.25) is 0 Å². The number of ether oxygens (including phenoxy) is 1. The molecular weight excluding hydrogens is 268 g/mol. The predicted octanol–water partition coefficient (Wildman–Crippen LogP) is 2.34. The fourth-order valence-electron chi connectivity index (χ4n) is 2.32. The standard InChI is InChI=1S/C16H22N2O3/c1-16(2,3)21-15(20)18-8-7-11-5-6-12(14(19)17-4)9-13(11)10-18/h5-6,9H,7-8,10H2,1-4H3,(H,17,19). The van der Waals surface area contributed by atoms with Crippen molar-refractivity contribution in [3.8, 4) is 0 Å². The van der Waals surface area contributed by atoms with Crippen LogP contribution in [0.3, 0.4) is 0 Å². The smallest absolute Gasteiger partial charge is 0.410 e. The summed E-state index contributed by atoms with van der Waals surface area (Å²) in [5.41, 5.74) is 2.30. The number of carbonyl (C=O) groups excluding carboxylic acids is 2. The Balaban J connectivity index is 2.15. The van der Waals surface area contributed by atoms with Crippen LogP contribution in [0.4, 0.5) is 4.79 Å². The molecule has 0 saturated heterocycles. The molecule has 5 nitrogen and oxygen atoms in total. The van der Waals surface area contributed by atoms with E-state index in [0.29, 0.717) is 18.7 Å². The van der Waals surface area contributed by atoms with Gasteiger partial charge in [0.25, 0.3) is 5.91 Å². The number of hydrogen-bond acceptors (Lipinski definition) is 3. The summed E-state index contributed by atoms with van der Waals surface area (Å²) < 4.78 is 5.40. The van der Waals surface area contributed by atoms with Gasteiger partial charge in [-0.25, -0.2) is 4.79 Å². The molecule has 1 aromatic rings. The van der Waals surface area contributed by atoms with Crippen LogP contribution in [0.15, 0.2) is 18.2 Å². The van der Waals surface area contributed by atoms with E-state index in [9.17, 15) is 9.59 Å². The van der Waals surface area contributed by atoms with E-state index in [1.807, 2.05) is 39.0 Å². The monoisotopic (exact) mass is 290 g/mol. The van der Waals surface area contributed by atoms with Crippen molar-refractivity contribution >= 4 is 12.0 Å². The minimum absolute atomic E-state index is 0.118. The van der Waals surface area contributed by atoms with Crippen molar-refractivity contribution in [2.24, 2.45) is 0 Å². The fraction of sp³-hybridized carbons (Fsp3) is 0.500. The lowest BCUT2D eigenvalue weighted by molar-refractivity contribution is 0.0224. The van der Waals surface area contributed by atoms with Gasteiger partial charge >= 0.3 is 6.09 Å². The molecule has 1 heterocycles. The number of hydrogen-bond donors (Lipinski definition) is 1. The lowest BCUT2D eigenvalue weighted by Crippen LogP contribution is -2.40. The molecule has 0 unspecified atom stereocenters. The SMILES string of the molecule is CNC(=O)c1ccc2c(c1)CN(C(=O)OC(C)(C)C)CC2. The summed E-state index contributed by atoms with van der Waals surface area (Å²) in [5.74, 6) is -0.118. The van der Waals surface area contributed by atoms with Crippen molar-refractivity contribution in [3.63, 3.8) is 0 Å². The molecule has 1 aromatic carbocycles. The Labute approximate surface area is 125 Å². The maximum atomic E-state index is 12.1. The molecule has 1 aliphatic heterocycles. The topological polar surface area (TPSA) is 58.6 Å². The summed E-state index contributed by atoms with van der Waals surface area (Å²) in [4.78, 5) is 25.5. The van der Waals surface area contributed by atoms with E-state index < -0.39 is 5.60 Å². The molecule has 1 N–H and O–H groups in total. The first kappa shape index (κ1) is 15.4. The van der Waals surface area contributed by atoms with Gasteiger partial charge in [0, 0.05) is 25.7 Å². The average Bonchev–Trinajstić information content (AvgIpc) is 2.43. The second-order valence-corrected chi connectivity index (χ2v) is 6.21. The Hall–Kier alpha value is -2.04. The molecule has 0 bridgehead atoms. The van der Waals surface area contributed by atoms with Crippen LogP contribution in [-0.2, 0) is 17.7 Å². The number of fused-ring (bicyclic) bond motifs is 1. The quantitative estimate of drug-likeness (QED) is 0.863. The zero-order valence-electron chi connectivity index (χ0n) is 13.0. The van der Waals surface area contributed by atoms with Gasteiger partial charge in [-0.1, -0.05) is 6.07 Å². The number of carbonyl (C=O) groups is 2. The van der Waals surface area contributed by atoms with Crippen LogP contribution in [-0.4, -0.2) is 36.1 Å². The third-order valence-electron chi connectivity index (χ3n) is 3.36. The van der Waals surface area contributed by atoms with Crippen LogP contribution >= 0.6 is 0 Å². The minimum atomic E-state index is -0.499. The highest BCUT2D eigenvalue weighted by molar-refractivity contribution is 5.94. The molecule has 2 rings (SSSR count). The van der Waals surface area contributed by atoms with Crippen LogP contribution in [0.25, 0.3) is 0 Å². The lowest BCUT2D eigenvalue weighted by Gasteiger charge is -2.31. The molecule has 0 radical (unpaired) electrons. The second-order valence-electron chi connectivity index (χ2n) is 6.21. The molecule has 0 atom stereocenters. The van der Waals surface area contributed by atoms with E-state index in [1.54, 1.807) is 11.9 Å². The van der Waals surface area contributed by atoms with E-state index in [-0.39, 0.29) is 12.0 Å². The first-order chi connectivity index (χ1) is 9.80. The molecular formula is C16H22N2O3. The van der Waals surface area contributed by atoms with Crippen LogP contribution < -0.4 is 5.32 Å². The van der Waals surface area contributed by atoms with Crippen molar-refractivity contribution in [2.45, 2.75) is 39.3 Å².